The summed E-state index contributed by atoms with van der Waals surface area (Å²) >= 11 is 5.96. The Morgan fingerprint density at radius 2 is 2.00 bits per heavy atom. The molecule has 1 saturated heterocycles. The maximum absolute atomic E-state index is 12.7. The molecule has 1 unspecified atom stereocenters. The van der Waals surface area contributed by atoms with E-state index in [0.717, 1.165) is 12.3 Å². The van der Waals surface area contributed by atoms with Crippen molar-refractivity contribution in [2.75, 3.05) is 31.1 Å². The number of aliphatic imine (C=N–C) groups is 1. The molecule has 2 heterocycles. The highest BCUT2D eigenvalue weighted by Crippen LogP contribution is 2.34. The first kappa shape index (κ1) is 25.9. The van der Waals surface area contributed by atoms with E-state index in [1.807, 2.05) is 0 Å². The molecule has 0 aromatic carbocycles. The van der Waals surface area contributed by atoms with E-state index in [1.54, 1.807) is 11.8 Å². The predicted octanol–water partition coefficient (Wildman–Crippen LogP) is 4.46. The van der Waals surface area contributed by atoms with E-state index in [1.165, 1.54) is 0 Å². The zero-order chi connectivity index (χ0) is 20.9. The van der Waals surface area contributed by atoms with Crippen molar-refractivity contribution in [2.45, 2.75) is 38.2 Å². The topological polar surface area (TPSA) is 52.6 Å². The van der Waals surface area contributed by atoms with Crippen LogP contribution >= 0.6 is 35.6 Å². The lowest BCUT2D eigenvalue weighted by atomic mass is 10.2. The summed E-state index contributed by atoms with van der Waals surface area (Å²) in [5.41, 5.74) is -0.929. The summed E-state index contributed by atoms with van der Waals surface area (Å²) in [4.78, 5) is 9.46. The van der Waals surface area contributed by atoms with Crippen LogP contribution in [0, 0.1) is 0 Å². The van der Waals surface area contributed by atoms with Gasteiger partial charge in [-0.2, -0.15) is 26.3 Å². The third-order valence-corrected chi connectivity index (χ3v) is 4.27. The van der Waals surface area contributed by atoms with Crippen LogP contribution in [-0.4, -0.2) is 49.3 Å². The van der Waals surface area contributed by atoms with Gasteiger partial charge in [-0.1, -0.05) is 11.6 Å². The summed E-state index contributed by atoms with van der Waals surface area (Å²) in [6.07, 6.45) is -8.51. The predicted molar refractivity (Wildman–Crippen MR) is 110 cm³/mol. The molecule has 1 fully saturated rings. The van der Waals surface area contributed by atoms with Gasteiger partial charge in [0, 0.05) is 31.9 Å². The molecule has 0 aliphatic carbocycles. The van der Waals surface area contributed by atoms with Crippen LogP contribution < -0.4 is 15.5 Å². The first-order valence-corrected chi connectivity index (χ1v) is 8.96. The normalized spacial score (nSPS) is 17.9. The van der Waals surface area contributed by atoms with Crippen molar-refractivity contribution in [3.05, 3.63) is 22.8 Å². The van der Waals surface area contributed by atoms with Gasteiger partial charge in [-0.15, -0.1) is 24.0 Å². The van der Waals surface area contributed by atoms with Gasteiger partial charge < -0.3 is 15.5 Å². The van der Waals surface area contributed by atoms with Gasteiger partial charge in [-0.05, 0) is 19.4 Å². The Hall–Kier alpha value is -1.18. The maximum Gasteiger partial charge on any atom is 0.417 e. The highest BCUT2D eigenvalue weighted by atomic mass is 127. The second kappa shape index (κ2) is 10.7. The van der Waals surface area contributed by atoms with Crippen LogP contribution in [0.15, 0.2) is 17.3 Å². The minimum atomic E-state index is -4.53. The van der Waals surface area contributed by atoms with Crippen LogP contribution in [0.4, 0.5) is 32.2 Å². The van der Waals surface area contributed by atoms with Gasteiger partial charge in [0.1, 0.15) is 5.82 Å². The second-order valence-electron chi connectivity index (χ2n) is 6.23. The molecule has 1 atom stereocenters. The van der Waals surface area contributed by atoms with Crippen molar-refractivity contribution in [1.29, 1.82) is 0 Å². The fraction of sp³-hybridized carbons (Fsp3) is 0.625. The third-order valence-electron chi connectivity index (χ3n) is 3.99. The number of hydrogen-bond acceptors (Lipinski definition) is 3. The van der Waals surface area contributed by atoms with Crippen molar-refractivity contribution in [3.8, 4) is 0 Å². The van der Waals surface area contributed by atoms with E-state index in [2.05, 4.69) is 20.6 Å². The zero-order valence-corrected chi connectivity index (χ0v) is 18.5. The van der Waals surface area contributed by atoms with E-state index in [9.17, 15) is 26.3 Å². The number of halogens is 8. The second-order valence-corrected chi connectivity index (χ2v) is 6.64. The number of nitrogens with one attached hydrogen (secondary N) is 2. The minimum absolute atomic E-state index is 0. The van der Waals surface area contributed by atoms with Crippen LogP contribution in [0.1, 0.15) is 25.3 Å². The average molecular weight is 560 g/mol. The number of hydrogen-bond donors (Lipinski definition) is 2. The first-order chi connectivity index (χ1) is 13.0. The number of anilines is 1. The van der Waals surface area contributed by atoms with Crippen LogP contribution in [0.25, 0.3) is 0 Å². The molecular weight excluding hydrogens is 539 g/mol. The Morgan fingerprint density at radius 3 is 2.55 bits per heavy atom. The summed E-state index contributed by atoms with van der Waals surface area (Å²) in [5.74, 6) is 0.489. The molecule has 2 rings (SSSR count). The first-order valence-electron chi connectivity index (χ1n) is 8.59. The number of rotatable bonds is 5. The molecular formula is C16H21ClF6IN5. The van der Waals surface area contributed by atoms with Gasteiger partial charge in [-0.3, -0.25) is 4.99 Å². The highest BCUT2D eigenvalue weighted by Gasteiger charge is 2.33. The number of pyridine rings is 1. The van der Waals surface area contributed by atoms with Gasteiger partial charge in [0.2, 0.25) is 0 Å². The summed E-state index contributed by atoms with van der Waals surface area (Å²) in [7, 11) is 0. The lowest BCUT2D eigenvalue weighted by Gasteiger charge is -2.21. The van der Waals surface area contributed by atoms with E-state index in [4.69, 9.17) is 11.6 Å². The molecule has 1 aromatic rings. The molecule has 0 bridgehead atoms. The smallest absolute Gasteiger partial charge is 0.357 e. The van der Waals surface area contributed by atoms with Crippen molar-refractivity contribution in [2.24, 2.45) is 4.99 Å². The van der Waals surface area contributed by atoms with Crippen LogP contribution in [-0.2, 0) is 6.18 Å². The zero-order valence-electron chi connectivity index (χ0n) is 15.4. The lowest BCUT2D eigenvalue weighted by Crippen LogP contribution is -2.44. The molecule has 0 radical (unpaired) electrons. The molecule has 1 aliphatic rings. The lowest BCUT2D eigenvalue weighted by molar-refractivity contribution is -0.137. The molecule has 0 saturated carbocycles. The van der Waals surface area contributed by atoms with Crippen molar-refractivity contribution >= 4 is 47.4 Å². The number of alkyl halides is 6. The standard InChI is InChI=1S/C16H20ClF6N5.HI/c1-2-24-14(25-5-4-15(18,19)20)27-11-3-6-28(9-11)13-12(17)7-10(8-26-13)16(21,22)23;/h7-8,11H,2-6,9H2,1H3,(H2,24,25,27);1H. The molecule has 166 valence electrons. The Bertz CT molecular complexity index is 697. The molecule has 5 nitrogen and oxygen atoms in total. The fourth-order valence-electron chi connectivity index (χ4n) is 2.70. The van der Waals surface area contributed by atoms with Crippen molar-refractivity contribution in [3.63, 3.8) is 0 Å². The van der Waals surface area contributed by atoms with Crippen molar-refractivity contribution in [1.82, 2.24) is 15.6 Å². The Balaban J connectivity index is 0.00000420. The van der Waals surface area contributed by atoms with Crippen LogP contribution in [0.3, 0.4) is 0 Å². The molecule has 1 aliphatic heterocycles. The number of guanidine groups is 1. The van der Waals surface area contributed by atoms with E-state index in [-0.39, 0.29) is 46.8 Å². The minimum Gasteiger partial charge on any atom is -0.357 e. The van der Waals surface area contributed by atoms with E-state index < -0.39 is 30.9 Å². The highest BCUT2D eigenvalue weighted by molar-refractivity contribution is 14.0. The largest absolute Gasteiger partial charge is 0.417 e. The van der Waals surface area contributed by atoms with Gasteiger partial charge in [0.25, 0.3) is 0 Å². The van der Waals surface area contributed by atoms with Gasteiger partial charge in [-0.25, -0.2) is 4.98 Å². The Kier molecular flexibility index (Phi) is 9.57. The molecule has 13 heteroatoms. The van der Waals surface area contributed by atoms with Gasteiger partial charge >= 0.3 is 12.4 Å². The molecule has 29 heavy (non-hydrogen) atoms. The van der Waals surface area contributed by atoms with Crippen LogP contribution in [0.5, 0.6) is 0 Å². The monoisotopic (exact) mass is 559 g/mol. The molecule has 2 N–H and O–H groups in total. The SMILES string of the molecule is CCNC(=NCCC(F)(F)F)NC1CCN(c2ncc(C(F)(F)F)cc2Cl)C1.I. The summed E-state index contributed by atoms with van der Waals surface area (Å²) in [6.45, 7) is 2.72. The van der Waals surface area contributed by atoms with Crippen molar-refractivity contribution < 1.29 is 26.3 Å². The third kappa shape index (κ3) is 8.22. The van der Waals surface area contributed by atoms with Crippen LogP contribution in [0.2, 0.25) is 5.02 Å². The summed E-state index contributed by atoms with van der Waals surface area (Å²) in [5, 5.41) is 5.80. The molecule has 0 spiro atoms. The summed E-state index contributed by atoms with van der Waals surface area (Å²) < 4.78 is 75.0. The summed E-state index contributed by atoms with van der Waals surface area (Å²) in [6, 6.07) is 0.664. The van der Waals surface area contributed by atoms with E-state index >= 15 is 0 Å². The maximum atomic E-state index is 12.7. The Morgan fingerprint density at radius 1 is 1.31 bits per heavy atom. The van der Waals surface area contributed by atoms with E-state index in [0.29, 0.717) is 26.1 Å². The average Bonchev–Trinajstić information content (AvgIpc) is 3.01. The van der Waals surface area contributed by atoms with Gasteiger partial charge in [0.05, 0.1) is 23.6 Å². The molecule has 0 amide bonds. The fourth-order valence-corrected chi connectivity index (χ4v) is 2.98. The number of aromatic nitrogens is 1. The molecule has 1 aromatic heterocycles. The quantitative estimate of drug-likeness (QED) is 0.242. The van der Waals surface area contributed by atoms with Gasteiger partial charge in [0.15, 0.2) is 5.96 Å². The number of nitrogens with zero attached hydrogens (tertiary/aromatic N) is 3. The Labute approximate surface area is 186 Å².